The van der Waals surface area contributed by atoms with Gasteiger partial charge in [-0.25, -0.2) is 8.42 Å². The summed E-state index contributed by atoms with van der Waals surface area (Å²) in [7, 11) is -0.699. The summed E-state index contributed by atoms with van der Waals surface area (Å²) in [5.41, 5.74) is 3.97. The van der Waals surface area contributed by atoms with Crippen LogP contribution in [-0.4, -0.2) is 61.1 Å². The molecular weight excluding hydrogens is 536 g/mol. The van der Waals surface area contributed by atoms with Crippen molar-refractivity contribution in [2.45, 2.75) is 42.6 Å². The van der Waals surface area contributed by atoms with Crippen molar-refractivity contribution in [3.05, 3.63) is 77.9 Å². The first-order valence-corrected chi connectivity index (χ1v) is 15.0. The van der Waals surface area contributed by atoms with E-state index in [0.717, 1.165) is 38.1 Å². The number of rotatable bonds is 10. The Labute approximate surface area is 234 Å². The van der Waals surface area contributed by atoms with Crippen LogP contribution in [0.2, 0.25) is 0 Å². The number of sulfonamides is 1. The molecule has 1 fully saturated rings. The second-order valence-electron chi connectivity index (χ2n) is 9.81. The Morgan fingerprint density at radius 2 is 1.64 bits per heavy atom. The smallest absolute Gasteiger partial charge is 0.323 e. The molecule has 4 rings (SSSR count). The van der Waals surface area contributed by atoms with Crippen LogP contribution in [0.4, 0.5) is 0 Å². The van der Waals surface area contributed by atoms with E-state index in [0.29, 0.717) is 18.8 Å². The summed E-state index contributed by atoms with van der Waals surface area (Å²) in [5, 5.41) is 13.2. The van der Waals surface area contributed by atoms with Gasteiger partial charge in [0.2, 0.25) is 10.0 Å². The van der Waals surface area contributed by atoms with E-state index < -0.39 is 26.8 Å². The molecule has 0 saturated carbocycles. The van der Waals surface area contributed by atoms with E-state index in [1.54, 1.807) is 52.3 Å². The highest BCUT2D eigenvalue weighted by Crippen LogP contribution is 2.38. The summed E-state index contributed by atoms with van der Waals surface area (Å²) in [6.07, 6.45) is 0. The number of methoxy groups -OCH3 is 2. The average Bonchev–Trinajstić information content (AvgIpc) is 2.92. The minimum Gasteiger partial charge on any atom is -0.497 e. The molecule has 1 aliphatic heterocycles. The summed E-state index contributed by atoms with van der Waals surface area (Å²) >= 11 is 1.48. The molecule has 8 nitrogen and oxygen atoms in total. The number of carbonyl (C=O) groups is 1. The van der Waals surface area contributed by atoms with Crippen molar-refractivity contribution in [2.75, 3.05) is 26.5 Å². The summed E-state index contributed by atoms with van der Waals surface area (Å²) in [4.78, 5) is 12.1. The van der Waals surface area contributed by atoms with E-state index >= 15 is 0 Å². The van der Waals surface area contributed by atoms with E-state index in [9.17, 15) is 18.3 Å². The summed E-state index contributed by atoms with van der Waals surface area (Å²) in [6, 6.07) is 19.3. The third-order valence-corrected chi connectivity index (χ3v) is 10.1. The van der Waals surface area contributed by atoms with Crippen LogP contribution in [-0.2, 0) is 27.9 Å². The molecule has 39 heavy (non-hydrogen) atoms. The lowest BCUT2D eigenvalue weighted by atomic mass is 10.0. The average molecular weight is 571 g/mol. The second-order valence-corrected chi connectivity index (χ2v) is 13.5. The van der Waals surface area contributed by atoms with Crippen LogP contribution in [0.15, 0.2) is 71.6 Å². The lowest BCUT2D eigenvalue weighted by molar-refractivity contribution is -0.142. The van der Waals surface area contributed by atoms with E-state index in [2.05, 4.69) is 5.32 Å². The summed E-state index contributed by atoms with van der Waals surface area (Å²) in [5.74, 6) is 0.924. The fraction of sp³-hybridized carbons (Fsp3) is 0.345. The zero-order chi connectivity index (χ0) is 28.2. The second kappa shape index (κ2) is 12.0. The Bertz CT molecular complexity index is 1410. The predicted molar refractivity (Wildman–Crippen MR) is 154 cm³/mol. The van der Waals surface area contributed by atoms with Crippen molar-refractivity contribution >= 4 is 27.8 Å². The third-order valence-electron chi connectivity index (χ3n) is 6.85. The maximum Gasteiger partial charge on any atom is 0.323 e. The van der Waals surface area contributed by atoms with Gasteiger partial charge in [-0.3, -0.25) is 4.79 Å². The first-order valence-electron chi connectivity index (χ1n) is 12.6. The SMILES string of the molecule is COc1ccc(CNCc2ccc(-c3ccc(S(=O)(=O)N4CCSC(C)(C)C4C(=O)O)cc3)cc2)c(OC)c1. The van der Waals surface area contributed by atoms with Crippen LogP contribution in [0.5, 0.6) is 11.5 Å². The lowest BCUT2D eigenvalue weighted by Crippen LogP contribution is -2.58. The Kier molecular flexibility index (Phi) is 8.90. The molecule has 0 radical (unpaired) electrons. The number of carboxylic acid groups (broad SMARTS) is 1. The molecular formula is C29H34N2O6S2. The van der Waals surface area contributed by atoms with Crippen LogP contribution in [0, 0.1) is 0 Å². The van der Waals surface area contributed by atoms with Crippen molar-refractivity contribution < 1.29 is 27.8 Å². The number of carboxylic acids is 1. The van der Waals surface area contributed by atoms with Crippen LogP contribution < -0.4 is 14.8 Å². The predicted octanol–water partition coefficient (Wildman–Crippen LogP) is 4.63. The molecule has 1 unspecified atom stereocenters. The van der Waals surface area contributed by atoms with Gasteiger partial charge in [-0.05, 0) is 48.7 Å². The van der Waals surface area contributed by atoms with Gasteiger partial charge < -0.3 is 19.9 Å². The first-order chi connectivity index (χ1) is 18.6. The number of hydrogen-bond donors (Lipinski definition) is 2. The zero-order valence-electron chi connectivity index (χ0n) is 22.5. The van der Waals surface area contributed by atoms with Crippen molar-refractivity contribution in [1.82, 2.24) is 9.62 Å². The van der Waals surface area contributed by atoms with E-state index in [1.165, 1.54) is 11.8 Å². The molecule has 1 atom stereocenters. The van der Waals surface area contributed by atoms with Gasteiger partial charge in [0.05, 0.1) is 19.1 Å². The number of benzene rings is 3. The number of ether oxygens (including phenoxy) is 2. The maximum absolute atomic E-state index is 13.4. The van der Waals surface area contributed by atoms with Gasteiger partial charge in [-0.15, -0.1) is 0 Å². The van der Waals surface area contributed by atoms with E-state index in [1.807, 2.05) is 42.5 Å². The van der Waals surface area contributed by atoms with Crippen molar-refractivity contribution in [3.63, 3.8) is 0 Å². The van der Waals surface area contributed by atoms with Crippen LogP contribution in [0.3, 0.4) is 0 Å². The van der Waals surface area contributed by atoms with Gasteiger partial charge in [0.1, 0.15) is 17.5 Å². The fourth-order valence-corrected chi connectivity index (χ4v) is 7.84. The molecule has 0 spiro atoms. The van der Waals surface area contributed by atoms with E-state index in [4.69, 9.17) is 9.47 Å². The van der Waals surface area contributed by atoms with Gasteiger partial charge in [0.25, 0.3) is 0 Å². The summed E-state index contributed by atoms with van der Waals surface area (Å²) in [6.45, 7) is 5.02. The largest absolute Gasteiger partial charge is 0.497 e. The number of nitrogens with one attached hydrogen (secondary N) is 1. The van der Waals surface area contributed by atoms with Gasteiger partial charge in [-0.1, -0.05) is 42.5 Å². The third kappa shape index (κ3) is 6.41. The Hall–Kier alpha value is -3.05. The van der Waals surface area contributed by atoms with Gasteiger partial charge in [0, 0.05) is 41.8 Å². The van der Waals surface area contributed by atoms with Crippen LogP contribution in [0.1, 0.15) is 25.0 Å². The highest BCUT2D eigenvalue weighted by molar-refractivity contribution is 8.00. The molecule has 2 N–H and O–H groups in total. The summed E-state index contributed by atoms with van der Waals surface area (Å²) < 4.78 is 37.9. The van der Waals surface area contributed by atoms with Crippen LogP contribution >= 0.6 is 11.8 Å². The number of thioether (sulfide) groups is 1. The van der Waals surface area contributed by atoms with Crippen molar-refractivity contribution in [3.8, 4) is 22.6 Å². The Morgan fingerprint density at radius 1 is 1.00 bits per heavy atom. The number of hydrogen-bond acceptors (Lipinski definition) is 7. The van der Waals surface area contributed by atoms with Crippen molar-refractivity contribution in [1.29, 1.82) is 0 Å². The molecule has 10 heteroatoms. The Morgan fingerprint density at radius 3 is 2.23 bits per heavy atom. The standard InChI is InChI=1S/C29H34N2O6S2/c1-29(2)27(28(32)33)31(15-16-38-29)39(34,35)25-13-10-22(11-14-25)21-7-5-20(6-8-21)18-30-19-23-9-12-24(36-3)17-26(23)37-4/h5-14,17,27,30H,15-16,18-19H2,1-4H3,(H,32,33). The van der Waals surface area contributed by atoms with E-state index in [-0.39, 0.29) is 11.4 Å². The molecule has 0 aromatic heterocycles. The lowest BCUT2D eigenvalue weighted by Gasteiger charge is -2.42. The minimum atomic E-state index is -3.96. The molecule has 3 aromatic carbocycles. The van der Waals surface area contributed by atoms with Crippen LogP contribution in [0.25, 0.3) is 11.1 Å². The maximum atomic E-state index is 13.4. The highest BCUT2D eigenvalue weighted by atomic mass is 32.2. The topological polar surface area (TPSA) is 105 Å². The van der Waals surface area contributed by atoms with Crippen molar-refractivity contribution in [2.24, 2.45) is 0 Å². The highest BCUT2D eigenvalue weighted by Gasteiger charge is 2.48. The molecule has 0 bridgehead atoms. The monoisotopic (exact) mass is 570 g/mol. The minimum absolute atomic E-state index is 0.0926. The molecule has 3 aromatic rings. The zero-order valence-corrected chi connectivity index (χ0v) is 24.1. The fourth-order valence-electron chi connectivity index (χ4n) is 4.74. The molecule has 1 saturated heterocycles. The number of nitrogens with zero attached hydrogens (tertiary/aromatic N) is 1. The van der Waals surface area contributed by atoms with Gasteiger partial charge >= 0.3 is 5.97 Å². The molecule has 208 valence electrons. The molecule has 1 aliphatic rings. The molecule has 1 heterocycles. The number of aliphatic carboxylic acids is 1. The quantitative estimate of drug-likeness (QED) is 0.364. The molecule has 0 aliphatic carbocycles. The first kappa shape index (κ1) is 28.9. The van der Waals surface area contributed by atoms with Gasteiger partial charge in [0.15, 0.2) is 0 Å². The normalized spacial score (nSPS) is 17.5. The van der Waals surface area contributed by atoms with Gasteiger partial charge in [-0.2, -0.15) is 16.1 Å². The molecule has 0 amide bonds. The Balaban J connectivity index is 1.42.